The first-order chi connectivity index (χ1) is 15.6. The number of hydrogen-bond acceptors (Lipinski definition) is 3. The Labute approximate surface area is 201 Å². The number of rotatable bonds is 6. The van der Waals surface area contributed by atoms with E-state index in [2.05, 4.69) is 58.6 Å². The van der Waals surface area contributed by atoms with E-state index in [1.165, 1.54) is 31.3 Å². The van der Waals surface area contributed by atoms with Gasteiger partial charge in [-0.25, -0.2) is 0 Å². The molecular formula is C30H46O3. The average molecular weight is 455 g/mol. The van der Waals surface area contributed by atoms with Gasteiger partial charge in [-0.15, -0.1) is 0 Å². The zero-order valence-corrected chi connectivity index (χ0v) is 21.3. The highest BCUT2D eigenvalue weighted by atomic mass is 16.3. The predicted octanol–water partition coefficient (Wildman–Crippen LogP) is 6.12. The van der Waals surface area contributed by atoms with Gasteiger partial charge in [-0.3, -0.25) is 0 Å². The van der Waals surface area contributed by atoms with Gasteiger partial charge in [0.1, 0.15) is 0 Å². The molecule has 3 nitrogen and oxygen atoms in total. The number of allylic oxidation sites excluding steroid dienone is 4. The summed E-state index contributed by atoms with van der Waals surface area (Å²) in [4.78, 5) is 0. The molecule has 4 fully saturated rings. The molecule has 4 aliphatic carbocycles. The molecule has 0 aromatic heterocycles. The normalized spacial score (nSPS) is 40.5. The first-order valence-electron chi connectivity index (χ1n) is 13.4. The molecule has 3 heteroatoms. The van der Waals surface area contributed by atoms with Gasteiger partial charge < -0.3 is 15.3 Å². The van der Waals surface area contributed by atoms with Gasteiger partial charge in [0.2, 0.25) is 0 Å². The maximum absolute atomic E-state index is 11.3. The minimum atomic E-state index is -0.644. The molecule has 4 aliphatic rings. The molecule has 7 atom stereocenters. The highest BCUT2D eigenvalue weighted by Gasteiger charge is 2.50. The van der Waals surface area contributed by atoms with Gasteiger partial charge in [-0.1, -0.05) is 64.2 Å². The molecule has 0 aromatic rings. The quantitative estimate of drug-likeness (QED) is 0.424. The van der Waals surface area contributed by atoms with Crippen LogP contribution in [0.2, 0.25) is 0 Å². The summed E-state index contributed by atoms with van der Waals surface area (Å²) >= 11 is 0. The smallest absolute Gasteiger partial charge is 0.0878 e. The van der Waals surface area contributed by atoms with Crippen LogP contribution in [0.5, 0.6) is 0 Å². The van der Waals surface area contributed by atoms with E-state index in [0.717, 1.165) is 30.4 Å². The van der Waals surface area contributed by atoms with E-state index in [-0.39, 0.29) is 5.92 Å². The van der Waals surface area contributed by atoms with Gasteiger partial charge in [0.05, 0.1) is 17.8 Å². The standard InChI is InChI=1S/C30H46O3/c1-19(2)30(33,24-10-11-24)16-14-20(3)26-12-13-27-22(7-6-15-29(26,27)5)8-9-23-17-25(31)18-28(32)21(23)4/h8-9,14,16,19-20,24-28,31-33H,4,6-7,10-13,15,17-18H2,1-3,5H3/b16-14+,22-8+,23-9+/t20-,25-,26-,27+,28+,29-,30?/m1/s1. The zero-order valence-electron chi connectivity index (χ0n) is 21.3. The fraction of sp³-hybridized carbons (Fsp3) is 0.733. The summed E-state index contributed by atoms with van der Waals surface area (Å²) < 4.78 is 0. The summed E-state index contributed by atoms with van der Waals surface area (Å²) in [5.41, 5.74) is 2.96. The number of fused-ring (bicyclic) bond motifs is 1. The second-order valence-corrected chi connectivity index (χ2v) is 12.2. The van der Waals surface area contributed by atoms with Gasteiger partial charge in [-0.2, -0.15) is 0 Å². The minimum Gasteiger partial charge on any atom is -0.393 e. The van der Waals surface area contributed by atoms with E-state index < -0.39 is 17.8 Å². The lowest BCUT2D eigenvalue weighted by Crippen LogP contribution is -2.37. The van der Waals surface area contributed by atoms with Crippen molar-refractivity contribution in [2.75, 3.05) is 0 Å². The maximum Gasteiger partial charge on any atom is 0.0878 e. The van der Waals surface area contributed by atoms with Gasteiger partial charge in [-0.05, 0) is 97.5 Å². The van der Waals surface area contributed by atoms with Crippen LogP contribution in [0.4, 0.5) is 0 Å². The first kappa shape index (κ1) is 24.9. The van der Waals surface area contributed by atoms with Crippen LogP contribution >= 0.6 is 0 Å². The van der Waals surface area contributed by atoms with Crippen molar-refractivity contribution in [3.05, 3.63) is 47.6 Å². The molecule has 33 heavy (non-hydrogen) atoms. The van der Waals surface area contributed by atoms with Crippen molar-refractivity contribution in [2.45, 2.75) is 103 Å². The second kappa shape index (κ2) is 9.47. The molecule has 0 bridgehead atoms. The van der Waals surface area contributed by atoms with Crippen molar-refractivity contribution in [1.82, 2.24) is 0 Å². The fourth-order valence-corrected chi connectivity index (χ4v) is 7.39. The van der Waals surface area contributed by atoms with Crippen molar-refractivity contribution in [2.24, 2.45) is 35.0 Å². The van der Waals surface area contributed by atoms with Crippen LogP contribution in [0.25, 0.3) is 0 Å². The van der Waals surface area contributed by atoms with Crippen molar-refractivity contribution >= 4 is 0 Å². The van der Waals surface area contributed by atoms with Crippen LogP contribution in [-0.2, 0) is 0 Å². The highest BCUT2D eigenvalue weighted by molar-refractivity contribution is 5.38. The van der Waals surface area contributed by atoms with Crippen molar-refractivity contribution < 1.29 is 15.3 Å². The summed E-state index contributed by atoms with van der Waals surface area (Å²) in [6.45, 7) is 13.2. The van der Waals surface area contributed by atoms with Crippen LogP contribution in [0.15, 0.2) is 47.6 Å². The monoisotopic (exact) mass is 454 g/mol. The Hall–Kier alpha value is -1.16. The third-order valence-corrected chi connectivity index (χ3v) is 9.76. The summed E-state index contributed by atoms with van der Waals surface area (Å²) in [6.07, 6.45) is 17.2. The molecule has 1 unspecified atom stereocenters. The Kier molecular flexibility index (Phi) is 7.16. The van der Waals surface area contributed by atoms with E-state index in [0.29, 0.717) is 41.9 Å². The van der Waals surface area contributed by atoms with Gasteiger partial charge in [0.15, 0.2) is 0 Å². The summed E-state index contributed by atoms with van der Waals surface area (Å²) in [6, 6.07) is 0. The molecule has 0 radical (unpaired) electrons. The SMILES string of the molecule is C=C1/C(=C/C=C2\CCC[C@]3(C)[C@@H]([C@H](C)/C=C/C(O)(C(C)C)C4CC4)CC[C@@H]23)C[C@@H](O)C[C@@H]1O. The third-order valence-electron chi connectivity index (χ3n) is 9.76. The lowest BCUT2D eigenvalue weighted by Gasteiger charge is -2.44. The van der Waals surface area contributed by atoms with Gasteiger partial charge >= 0.3 is 0 Å². The van der Waals surface area contributed by atoms with E-state index >= 15 is 0 Å². The highest BCUT2D eigenvalue weighted by Crippen LogP contribution is 2.59. The van der Waals surface area contributed by atoms with Gasteiger partial charge in [0.25, 0.3) is 0 Å². The largest absolute Gasteiger partial charge is 0.393 e. The Morgan fingerprint density at radius 1 is 1.09 bits per heavy atom. The summed E-state index contributed by atoms with van der Waals surface area (Å²) in [7, 11) is 0. The molecular weight excluding hydrogens is 408 g/mol. The molecule has 0 spiro atoms. The van der Waals surface area contributed by atoms with E-state index in [1.807, 2.05) is 0 Å². The maximum atomic E-state index is 11.3. The Balaban J connectivity index is 1.50. The lowest BCUT2D eigenvalue weighted by atomic mass is 9.61. The molecule has 0 aromatic carbocycles. The number of aliphatic hydroxyl groups excluding tert-OH is 2. The summed E-state index contributed by atoms with van der Waals surface area (Å²) in [5, 5.41) is 31.5. The molecule has 4 rings (SSSR count). The Bertz CT molecular complexity index is 827. The minimum absolute atomic E-state index is 0.254. The first-order valence-corrected chi connectivity index (χ1v) is 13.4. The van der Waals surface area contributed by atoms with Crippen LogP contribution in [-0.4, -0.2) is 33.1 Å². The Morgan fingerprint density at radius 3 is 2.48 bits per heavy atom. The van der Waals surface area contributed by atoms with Crippen molar-refractivity contribution in [3.63, 3.8) is 0 Å². The molecule has 3 N–H and O–H groups in total. The Morgan fingerprint density at radius 2 is 1.82 bits per heavy atom. The molecule has 0 saturated heterocycles. The fourth-order valence-electron chi connectivity index (χ4n) is 7.39. The van der Waals surface area contributed by atoms with Crippen molar-refractivity contribution in [3.8, 4) is 0 Å². The zero-order chi connectivity index (χ0) is 24.0. The molecule has 0 aliphatic heterocycles. The van der Waals surface area contributed by atoms with E-state index in [4.69, 9.17) is 0 Å². The lowest BCUT2D eigenvalue weighted by molar-refractivity contribution is 0.0202. The van der Waals surface area contributed by atoms with E-state index in [1.54, 1.807) is 0 Å². The second-order valence-electron chi connectivity index (χ2n) is 12.2. The van der Waals surface area contributed by atoms with Gasteiger partial charge in [0, 0.05) is 6.42 Å². The molecule has 0 heterocycles. The van der Waals surface area contributed by atoms with Crippen LogP contribution in [0.1, 0.15) is 85.5 Å². The van der Waals surface area contributed by atoms with E-state index in [9.17, 15) is 15.3 Å². The number of hydrogen-bond donors (Lipinski definition) is 3. The third kappa shape index (κ3) is 4.83. The molecule has 0 amide bonds. The van der Waals surface area contributed by atoms with Crippen LogP contribution < -0.4 is 0 Å². The number of aliphatic hydroxyl groups is 3. The molecule has 184 valence electrons. The summed E-state index contributed by atoms with van der Waals surface area (Å²) in [5.74, 6) is 2.40. The molecule has 4 saturated carbocycles. The van der Waals surface area contributed by atoms with Crippen LogP contribution in [0.3, 0.4) is 0 Å². The average Bonchev–Trinajstić information content (AvgIpc) is 3.55. The predicted molar refractivity (Wildman–Crippen MR) is 136 cm³/mol. The van der Waals surface area contributed by atoms with Crippen molar-refractivity contribution in [1.29, 1.82) is 0 Å². The van der Waals surface area contributed by atoms with Crippen LogP contribution in [0, 0.1) is 35.0 Å². The topological polar surface area (TPSA) is 60.7 Å².